The molecule has 1 amide bonds. The van der Waals surface area contributed by atoms with E-state index in [9.17, 15) is 18.0 Å². The summed E-state index contributed by atoms with van der Waals surface area (Å²) in [5, 5.41) is 4.57. The van der Waals surface area contributed by atoms with Crippen molar-refractivity contribution < 1.29 is 18.0 Å². The summed E-state index contributed by atoms with van der Waals surface area (Å²) in [7, 11) is 0. The first kappa shape index (κ1) is 14.5. The molecule has 0 atom stereocenters. The van der Waals surface area contributed by atoms with Gasteiger partial charge in [-0.05, 0) is 12.5 Å². The lowest BCUT2D eigenvalue weighted by Crippen LogP contribution is -2.37. The first-order valence-corrected chi connectivity index (χ1v) is 5.46. The lowest BCUT2D eigenvalue weighted by atomic mass is 10.1. The van der Waals surface area contributed by atoms with Crippen molar-refractivity contribution in [3.63, 3.8) is 0 Å². The average molecular weight is 260 g/mol. The van der Waals surface area contributed by atoms with Crippen LogP contribution in [0.1, 0.15) is 11.1 Å². The first-order chi connectivity index (χ1) is 8.37. The highest BCUT2D eigenvalue weighted by Crippen LogP contribution is 2.11. The standard InChI is InChI=1S/C12H15F3N2O/c1-9-2-4-10(5-3-9)6-17-11(18)7-16-8-12(13,14)15/h2-5,16H,6-8H2,1H3,(H,17,18). The number of benzene rings is 1. The number of hydrogen-bond donors (Lipinski definition) is 2. The van der Waals surface area contributed by atoms with Gasteiger partial charge in [0.2, 0.25) is 5.91 Å². The van der Waals surface area contributed by atoms with Crippen LogP contribution in [0.15, 0.2) is 24.3 Å². The molecular formula is C12H15F3N2O. The van der Waals surface area contributed by atoms with Gasteiger partial charge >= 0.3 is 6.18 Å². The minimum Gasteiger partial charge on any atom is -0.351 e. The zero-order valence-corrected chi connectivity index (χ0v) is 9.97. The van der Waals surface area contributed by atoms with E-state index in [2.05, 4.69) is 5.32 Å². The number of hydrogen-bond acceptors (Lipinski definition) is 2. The molecule has 1 rings (SSSR count). The Kier molecular flexibility index (Phi) is 5.15. The zero-order valence-electron chi connectivity index (χ0n) is 9.97. The van der Waals surface area contributed by atoms with Gasteiger partial charge in [-0.3, -0.25) is 4.79 Å². The molecule has 1 aromatic rings. The maximum absolute atomic E-state index is 11.8. The Balaban J connectivity index is 2.23. The van der Waals surface area contributed by atoms with Crippen molar-refractivity contribution in [3.05, 3.63) is 35.4 Å². The van der Waals surface area contributed by atoms with Gasteiger partial charge in [0.15, 0.2) is 0 Å². The molecule has 0 radical (unpaired) electrons. The predicted molar refractivity (Wildman–Crippen MR) is 62.0 cm³/mol. The molecule has 2 N–H and O–H groups in total. The highest BCUT2D eigenvalue weighted by molar-refractivity contribution is 5.77. The smallest absolute Gasteiger partial charge is 0.351 e. The topological polar surface area (TPSA) is 41.1 Å². The van der Waals surface area contributed by atoms with E-state index in [0.717, 1.165) is 11.1 Å². The van der Waals surface area contributed by atoms with E-state index in [1.165, 1.54) is 0 Å². The van der Waals surface area contributed by atoms with Crippen molar-refractivity contribution in [2.24, 2.45) is 0 Å². The summed E-state index contributed by atoms with van der Waals surface area (Å²) in [6.07, 6.45) is -4.29. The molecule has 0 unspecified atom stereocenters. The van der Waals surface area contributed by atoms with E-state index >= 15 is 0 Å². The number of amides is 1. The van der Waals surface area contributed by atoms with Gasteiger partial charge < -0.3 is 10.6 Å². The Morgan fingerprint density at radius 3 is 2.39 bits per heavy atom. The Labute approximate surface area is 103 Å². The molecule has 0 aromatic heterocycles. The van der Waals surface area contributed by atoms with E-state index in [-0.39, 0.29) is 6.54 Å². The largest absolute Gasteiger partial charge is 0.401 e. The minimum absolute atomic E-state index is 0.312. The van der Waals surface area contributed by atoms with Crippen LogP contribution in [0.3, 0.4) is 0 Å². The Bertz CT molecular complexity index is 387. The van der Waals surface area contributed by atoms with E-state index in [4.69, 9.17) is 0 Å². The minimum atomic E-state index is -4.29. The second kappa shape index (κ2) is 6.39. The van der Waals surface area contributed by atoms with Gasteiger partial charge in [0.25, 0.3) is 0 Å². The normalized spacial score (nSPS) is 11.3. The molecule has 0 heterocycles. The van der Waals surface area contributed by atoms with E-state index in [1.54, 1.807) is 0 Å². The maximum Gasteiger partial charge on any atom is 0.401 e. The maximum atomic E-state index is 11.8. The summed E-state index contributed by atoms with van der Waals surface area (Å²) in [5.41, 5.74) is 2.02. The van der Waals surface area contributed by atoms with Crippen molar-refractivity contribution in [1.82, 2.24) is 10.6 Å². The molecule has 0 aliphatic heterocycles. The lowest BCUT2D eigenvalue weighted by molar-refractivity contribution is -0.128. The van der Waals surface area contributed by atoms with E-state index in [0.29, 0.717) is 6.54 Å². The number of carbonyl (C=O) groups is 1. The predicted octanol–water partition coefficient (Wildman–Crippen LogP) is 1.76. The Morgan fingerprint density at radius 2 is 1.83 bits per heavy atom. The van der Waals surface area contributed by atoms with Gasteiger partial charge in [0.1, 0.15) is 0 Å². The molecular weight excluding hydrogens is 245 g/mol. The molecule has 0 bridgehead atoms. The molecule has 0 saturated carbocycles. The number of alkyl halides is 3. The number of carbonyl (C=O) groups excluding carboxylic acids is 1. The molecule has 6 heteroatoms. The molecule has 0 fully saturated rings. The molecule has 0 aliphatic rings. The molecule has 1 aromatic carbocycles. The molecule has 0 aliphatic carbocycles. The number of halogens is 3. The summed E-state index contributed by atoms with van der Waals surface area (Å²) in [5.74, 6) is -0.458. The lowest BCUT2D eigenvalue weighted by Gasteiger charge is -2.09. The number of nitrogens with one attached hydrogen (secondary N) is 2. The highest BCUT2D eigenvalue weighted by Gasteiger charge is 2.26. The summed E-state index contributed by atoms with van der Waals surface area (Å²) < 4.78 is 35.4. The van der Waals surface area contributed by atoms with Crippen molar-refractivity contribution in [3.8, 4) is 0 Å². The van der Waals surface area contributed by atoms with Crippen LogP contribution in [-0.2, 0) is 11.3 Å². The molecule has 3 nitrogen and oxygen atoms in total. The fourth-order valence-corrected chi connectivity index (χ4v) is 1.29. The molecule has 0 saturated heterocycles. The Morgan fingerprint density at radius 1 is 1.22 bits per heavy atom. The van der Waals surface area contributed by atoms with Crippen LogP contribution >= 0.6 is 0 Å². The summed E-state index contributed by atoms with van der Waals surface area (Å²) in [4.78, 5) is 11.2. The van der Waals surface area contributed by atoms with Crippen molar-refractivity contribution in [1.29, 1.82) is 0 Å². The Hall–Kier alpha value is -1.56. The van der Waals surface area contributed by atoms with Crippen LogP contribution in [0.4, 0.5) is 13.2 Å². The molecule has 0 spiro atoms. The number of aryl methyl sites for hydroxylation is 1. The fraction of sp³-hybridized carbons (Fsp3) is 0.417. The van der Waals surface area contributed by atoms with Gasteiger partial charge in [-0.1, -0.05) is 29.8 Å². The second-order valence-electron chi connectivity index (χ2n) is 3.98. The van der Waals surface area contributed by atoms with Crippen LogP contribution in [-0.4, -0.2) is 25.2 Å². The van der Waals surface area contributed by atoms with Gasteiger partial charge in [-0.2, -0.15) is 13.2 Å². The third kappa shape index (κ3) is 6.24. The highest BCUT2D eigenvalue weighted by atomic mass is 19.4. The van der Waals surface area contributed by atoms with Crippen molar-refractivity contribution in [2.45, 2.75) is 19.6 Å². The summed E-state index contributed by atoms with van der Waals surface area (Å²) in [6, 6.07) is 7.53. The van der Waals surface area contributed by atoms with Gasteiger partial charge in [0.05, 0.1) is 13.1 Å². The third-order valence-electron chi connectivity index (χ3n) is 2.22. The van der Waals surface area contributed by atoms with Crippen LogP contribution in [0, 0.1) is 6.92 Å². The zero-order chi connectivity index (χ0) is 13.6. The third-order valence-corrected chi connectivity index (χ3v) is 2.22. The molecule has 100 valence electrons. The van der Waals surface area contributed by atoms with Crippen molar-refractivity contribution >= 4 is 5.91 Å². The van der Waals surface area contributed by atoms with E-state index < -0.39 is 18.6 Å². The van der Waals surface area contributed by atoms with Gasteiger partial charge in [-0.25, -0.2) is 0 Å². The van der Waals surface area contributed by atoms with Crippen LogP contribution in [0.5, 0.6) is 0 Å². The SMILES string of the molecule is Cc1ccc(CNC(=O)CNCC(F)(F)F)cc1. The van der Waals surface area contributed by atoms with Crippen LogP contribution in [0.2, 0.25) is 0 Å². The summed E-state index contributed by atoms with van der Waals surface area (Å²) in [6.45, 7) is 0.757. The first-order valence-electron chi connectivity index (χ1n) is 5.46. The van der Waals surface area contributed by atoms with Crippen molar-refractivity contribution in [2.75, 3.05) is 13.1 Å². The van der Waals surface area contributed by atoms with Crippen LogP contribution < -0.4 is 10.6 Å². The average Bonchev–Trinajstić information content (AvgIpc) is 2.26. The van der Waals surface area contributed by atoms with E-state index in [1.807, 2.05) is 36.5 Å². The second-order valence-corrected chi connectivity index (χ2v) is 3.98. The molecule has 18 heavy (non-hydrogen) atoms. The fourth-order valence-electron chi connectivity index (χ4n) is 1.29. The monoisotopic (exact) mass is 260 g/mol. The van der Waals surface area contributed by atoms with Gasteiger partial charge in [-0.15, -0.1) is 0 Å². The summed E-state index contributed by atoms with van der Waals surface area (Å²) >= 11 is 0. The van der Waals surface area contributed by atoms with Crippen LogP contribution in [0.25, 0.3) is 0 Å². The van der Waals surface area contributed by atoms with Gasteiger partial charge in [0, 0.05) is 6.54 Å². The quantitative estimate of drug-likeness (QED) is 0.847. The number of rotatable bonds is 5.